The van der Waals surface area contributed by atoms with Crippen molar-refractivity contribution in [3.8, 4) is 45.6 Å². The quantitative estimate of drug-likeness (QED) is 0.0771. The van der Waals surface area contributed by atoms with Gasteiger partial charge in [-0.1, -0.05) is 146 Å². The van der Waals surface area contributed by atoms with E-state index in [9.17, 15) is 50.4 Å². The molecule has 0 saturated carbocycles. The smallest absolute Gasteiger partial charge is 0.255 e. The third-order valence-electron chi connectivity index (χ3n) is 9.90. The molecule has 6 nitrogen and oxygen atoms in total. The molecule has 0 bridgehead atoms. The molecule has 6 aromatic heterocycles. The fourth-order valence-corrected chi connectivity index (χ4v) is 11.8. The van der Waals surface area contributed by atoms with Crippen molar-refractivity contribution in [3.05, 3.63) is 243 Å². The van der Waals surface area contributed by atoms with Gasteiger partial charge in [0.2, 0.25) is 0 Å². The van der Waals surface area contributed by atoms with Crippen LogP contribution < -0.4 is 31.8 Å². The van der Waals surface area contributed by atoms with E-state index in [1.807, 2.05) is 72.8 Å². The number of rotatable bonds is 10. The van der Waals surface area contributed by atoms with Crippen LogP contribution in [-0.4, -0.2) is 29.9 Å². The second-order valence-electron chi connectivity index (χ2n) is 16.0. The summed E-state index contributed by atoms with van der Waals surface area (Å²) in [4.78, 5) is 28.1. The van der Waals surface area contributed by atoms with Crippen molar-refractivity contribution in [3.63, 3.8) is 0 Å². The van der Waals surface area contributed by atoms with Crippen LogP contribution in [0.15, 0.2) is 243 Å². The van der Waals surface area contributed by atoms with Crippen LogP contribution in [0, 0.1) is 0 Å². The first-order valence-electron chi connectivity index (χ1n) is 22.3. The van der Waals surface area contributed by atoms with E-state index >= 15 is 0 Å². The molecule has 10 rings (SSSR count). The topological polar surface area (TPSA) is 77.3 Å². The van der Waals surface area contributed by atoms with E-state index in [4.69, 9.17) is 9.97 Å². The third kappa shape index (κ3) is 21.3. The van der Waals surface area contributed by atoms with E-state index in [0.29, 0.717) is 0 Å². The summed E-state index contributed by atoms with van der Waals surface area (Å²) in [7, 11) is -22.8. The number of halogens is 12. The van der Waals surface area contributed by atoms with Gasteiger partial charge >= 0.3 is 85.5 Å². The minimum Gasteiger partial charge on any atom is -0.255 e. The first kappa shape index (κ1) is 59.5. The Morgan fingerprint density at radius 2 is 0.416 bits per heavy atom. The molecule has 23 heteroatoms. The summed E-state index contributed by atoms with van der Waals surface area (Å²) >= 11 is 0. The number of benzene rings is 4. The third-order valence-corrected chi connectivity index (χ3v) is 14.7. The fraction of sp³-hybridized carbons (Fsp3) is 0. The van der Waals surface area contributed by atoms with Crippen LogP contribution >= 0.6 is 31.5 Å². The molecule has 0 aliphatic heterocycles. The summed E-state index contributed by atoms with van der Waals surface area (Å²) in [5, 5.41) is 7.65. The first-order chi connectivity index (χ1) is 35.7. The molecule has 0 unspecified atom stereocenters. The van der Waals surface area contributed by atoms with Gasteiger partial charge in [-0.3, -0.25) is 19.9 Å². The van der Waals surface area contributed by atoms with Crippen LogP contribution in [0.5, 0.6) is 0 Å². The van der Waals surface area contributed by atoms with E-state index in [2.05, 4.69) is 166 Å². The molecule has 0 aliphatic carbocycles. The number of hydrogen-bond donors (Lipinski definition) is 0. The van der Waals surface area contributed by atoms with Gasteiger partial charge in [-0.05, 0) is 120 Å². The number of hydrogen-bond acceptors (Lipinski definition) is 6. The molecule has 10 aromatic rings. The zero-order chi connectivity index (χ0) is 54.6. The maximum Gasteiger partial charge on any atom is 2.00 e. The Morgan fingerprint density at radius 1 is 0.234 bits per heavy atom. The molecule has 0 saturated heterocycles. The van der Waals surface area contributed by atoms with Crippen LogP contribution in [0.2, 0.25) is 0 Å². The fourth-order valence-electron chi connectivity index (χ4n) is 7.08. The number of pyridine rings is 6. The van der Waals surface area contributed by atoms with Crippen molar-refractivity contribution in [2.45, 2.75) is 0 Å². The first-order valence-corrected chi connectivity index (χ1v) is 29.0. The SMILES string of the molecule is F[P-](F)(F)(F)(F)F.F[P-](F)(F)(F)(F)F.[Ru+2].c1ccc(P(c2ccccc2)c2cc(-c3ccccn3)nc(-c3ccccn3)c2)cc1.c1ccc(P(c2ccccc2)c2cc(-c3ccccn3)nc(-c3ccccn3)c2)cc1. The summed E-state index contributed by atoms with van der Waals surface area (Å²) in [5.41, 5.74) is 6.87. The van der Waals surface area contributed by atoms with Crippen molar-refractivity contribution < 1.29 is 69.8 Å². The molecule has 6 heterocycles. The molecule has 0 N–H and O–H groups in total. The van der Waals surface area contributed by atoms with Crippen molar-refractivity contribution in [2.24, 2.45) is 0 Å². The Labute approximate surface area is 449 Å². The summed E-state index contributed by atoms with van der Waals surface area (Å²) < 4.78 is 118. The van der Waals surface area contributed by atoms with Crippen LogP contribution in [0.25, 0.3) is 45.6 Å². The summed E-state index contributed by atoms with van der Waals surface area (Å²) in [6, 6.07) is 75.2. The summed E-state index contributed by atoms with van der Waals surface area (Å²) in [5.74, 6) is 0. The molecule has 77 heavy (non-hydrogen) atoms. The normalized spacial score (nSPS) is 13.0. The van der Waals surface area contributed by atoms with Crippen LogP contribution in [-0.2, 0) is 19.5 Å². The average molecular weight is 1230 g/mol. The zero-order valence-electron chi connectivity index (χ0n) is 39.5. The summed E-state index contributed by atoms with van der Waals surface area (Å²) in [6.07, 6.45) is 7.23. The van der Waals surface area contributed by atoms with Gasteiger partial charge in [0.15, 0.2) is 0 Å². The minimum atomic E-state index is -10.7. The zero-order valence-corrected chi connectivity index (χ0v) is 44.8. The van der Waals surface area contributed by atoms with Gasteiger partial charge in [0.25, 0.3) is 0 Å². The van der Waals surface area contributed by atoms with Crippen LogP contribution in [0.3, 0.4) is 0 Å². The molecule has 0 aliphatic rings. The molecule has 0 spiro atoms. The Hall–Kier alpha value is -6.72. The Morgan fingerprint density at radius 3 is 0.584 bits per heavy atom. The largest absolute Gasteiger partial charge is 2.00 e. The van der Waals surface area contributed by atoms with E-state index < -0.39 is 31.5 Å². The molecule has 398 valence electrons. The Balaban J connectivity index is 0.000000198. The standard InChI is InChI=1S/2C27H20N3P.2F6P.Ru/c2*1-3-11-21(12-4-1)31(22-13-5-2-6-14-22)23-19-26(24-15-7-9-17-28-24)30-27(20-23)25-16-8-10-18-29-25;2*1-7(2,3,4,5)6;/h2*1-20H;;;/q;;2*-1;+2. The predicted molar refractivity (Wildman–Crippen MR) is 286 cm³/mol. The van der Waals surface area contributed by atoms with E-state index in [1.165, 1.54) is 31.8 Å². The van der Waals surface area contributed by atoms with E-state index in [0.717, 1.165) is 45.6 Å². The molecule has 0 amide bonds. The molecule has 0 atom stereocenters. The molecule has 0 fully saturated rings. The van der Waals surface area contributed by atoms with E-state index in [1.54, 1.807) is 24.8 Å². The van der Waals surface area contributed by atoms with Crippen molar-refractivity contribution in [2.75, 3.05) is 0 Å². The van der Waals surface area contributed by atoms with Gasteiger partial charge in [-0.15, -0.1) is 0 Å². The molecule has 0 radical (unpaired) electrons. The second-order valence-corrected chi connectivity index (χ2v) is 24.3. The van der Waals surface area contributed by atoms with Crippen LogP contribution in [0.1, 0.15) is 0 Å². The van der Waals surface area contributed by atoms with Crippen molar-refractivity contribution in [1.82, 2.24) is 29.9 Å². The van der Waals surface area contributed by atoms with Crippen molar-refractivity contribution in [1.29, 1.82) is 0 Å². The second kappa shape index (κ2) is 23.5. The van der Waals surface area contributed by atoms with Gasteiger partial charge in [0.05, 0.1) is 45.6 Å². The number of aromatic nitrogens is 6. The molecule has 4 aromatic carbocycles. The van der Waals surface area contributed by atoms with Gasteiger partial charge in [-0.2, -0.15) is 0 Å². The van der Waals surface area contributed by atoms with Crippen molar-refractivity contribution >= 4 is 63.3 Å². The van der Waals surface area contributed by atoms with Gasteiger partial charge in [0.1, 0.15) is 0 Å². The maximum absolute atomic E-state index is 10.7. The minimum absolute atomic E-state index is 0. The molecular formula is C54H40F12N6P4Ru. The predicted octanol–water partition coefficient (Wildman–Crippen LogP) is 16.7. The van der Waals surface area contributed by atoms with Gasteiger partial charge < -0.3 is 0 Å². The maximum atomic E-state index is 9.87. The summed E-state index contributed by atoms with van der Waals surface area (Å²) in [6.45, 7) is 0. The average Bonchev–Trinajstić information content (AvgIpc) is 3.39. The van der Waals surface area contributed by atoms with Gasteiger partial charge in [-0.25, -0.2) is 9.97 Å². The van der Waals surface area contributed by atoms with E-state index in [-0.39, 0.29) is 19.5 Å². The monoisotopic (exact) mass is 1230 g/mol. The Kier molecular flexibility index (Phi) is 18.2. The Bertz CT molecular complexity index is 3000. The molecular weight excluding hydrogens is 1190 g/mol. The van der Waals surface area contributed by atoms with Gasteiger partial charge in [0, 0.05) is 24.8 Å². The van der Waals surface area contributed by atoms with Crippen LogP contribution in [0.4, 0.5) is 50.4 Å². The number of nitrogens with zero attached hydrogens (tertiary/aromatic N) is 6.